The highest BCUT2D eigenvalue weighted by Crippen LogP contribution is 2.26. The summed E-state index contributed by atoms with van der Waals surface area (Å²) < 4.78 is 0. The fourth-order valence-corrected chi connectivity index (χ4v) is 3.01. The van der Waals surface area contributed by atoms with Gasteiger partial charge in [0.25, 0.3) is 5.91 Å². The average molecular weight is 327 g/mol. The minimum absolute atomic E-state index is 0.0561. The number of carbonyl (C=O) groups is 3. The first-order valence-corrected chi connectivity index (χ1v) is 8.03. The van der Waals surface area contributed by atoms with Crippen molar-refractivity contribution in [2.24, 2.45) is 5.92 Å². The number of amides is 2. The van der Waals surface area contributed by atoms with Crippen molar-refractivity contribution in [1.29, 1.82) is 5.26 Å². The molecule has 0 spiro atoms. The van der Waals surface area contributed by atoms with E-state index in [0.29, 0.717) is 24.0 Å². The van der Waals surface area contributed by atoms with Crippen LogP contribution in [0, 0.1) is 17.4 Å². The molecule has 2 rings (SSSR count). The summed E-state index contributed by atoms with van der Waals surface area (Å²) in [7, 11) is 1.44. The van der Waals surface area contributed by atoms with Crippen molar-refractivity contribution in [3.8, 4) is 6.19 Å². The van der Waals surface area contributed by atoms with Gasteiger partial charge in [0.15, 0.2) is 12.0 Å². The van der Waals surface area contributed by atoms with Gasteiger partial charge >= 0.3 is 0 Å². The van der Waals surface area contributed by atoms with E-state index in [1.54, 1.807) is 24.3 Å². The van der Waals surface area contributed by atoms with Crippen molar-refractivity contribution < 1.29 is 14.4 Å². The smallest absolute Gasteiger partial charge is 0.251 e. The molecule has 2 atom stereocenters. The van der Waals surface area contributed by atoms with Gasteiger partial charge in [-0.25, -0.2) is 0 Å². The Kier molecular flexibility index (Phi) is 5.69. The molecule has 0 aliphatic heterocycles. The Morgan fingerprint density at radius 1 is 1.12 bits per heavy atom. The number of nitrogens with one attached hydrogen (secondary N) is 1. The standard InChI is InChI=1S/C18H21N3O3/c1-12(22)13-7-9-14(10-8-13)17(23)20-16-6-4-3-5-15(16)18(24)21(2)11-19/h7-10,15-16H,3-6H2,1-2H3,(H,20,23)/t15-,16+/m0/s1. The molecular weight excluding hydrogens is 306 g/mol. The largest absolute Gasteiger partial charge is 0.349 e. The van der Waals surface area contributed by atoms with Crippen LogP contribution in [0.1, 0.15) is 53.3 Å². The van der Waals surface area contributed by atoms with Crippen LogP contribution in [-0.4, -0.2) is 35.6 Å². The van der Waals surface area contributed by atoms with E-state index in [1.165, 1.54) is 14.0 Å². The monoisotopic (exact) mass is 327 g/mol. The van der Waals surface area contributed by atoms with E-state index in [4.69, 9.17) is 5.26 Å². The second-order valence-corrected chi connectivity index (χ2v) is 6.10. The zero-order valence-corrected chi connectivity index (χ0v) is 13.9. The number of carbonyl (C=O) groups excluding carboxylic acids is 3. The molecule has 0 unspecified atom stereocenters. The van der Waals surface area contributed by atoms with Gasteiger partial charge in [0.1, 0.15) is 0 Å². The maximum absolute atomic E-state index is 12.4. The van der Waals surface area contributed by atoms with Crippen LogP contribution in [0.4, 0.5) is 0 Å². The van der Waals surface area contributed by atoms with Crippen LogP contribution in [0.3, 0.4) is 0 Å². The SMILES string of the molecule is CC(=O)c1ccc(C(=O)N[C@@H]2CCCC[C@@H]2C(=O)N(C)C#N)cc1. The number of Topliss-reactive ketones (excluding diaryl/α,β-unsaturated/α-hetero) is 1. The number of benzene rings is 1. The molecule has 0 heterocycles. The Morgan fingerprint density at radius 2 is 1.71 bits per heavy atom. The molecule has 1 aromatic carbocycles. The predicted octanol–water partition coefficient (Wildman–Crippen LogP) is 2.12. The molecule has 0 bridgehead atoms. The molecule has 1 aliphatic carbocycles. The maximum Gasteiger partial charge on any atom is 0.251 e. The minimum atomic E-state index is -0.371. The van der Waals surface area contributed by atoms with Crippen LogP contribution in [0.5, 0.6) is 0 Å². The van der Waals surface area contributed by atoms with E-state index < -0.39 is 0 Å². The highest BCUT2D eigenvalue weighted by Gasteiger charge is 2.34. The Bertz CT molecular complexity index is 676. The van der Waals surface area contributed by atoms with E-state index in [-0.39, 0.29) is 29.6 Å². The molecule has 1 saturated carbocycles. The topological polar surface area (TPSA) is 90.3 Å². The molecule has 6 heteroatoms. The van der Waals surface area contributed by atoms with Gasteiger partial charge in [-0.1, -0.05) is 25.0 Å². The predicted molar refractivity (Wildman–Crippen MR) is 88.0 cm³/mol. The lowest BCUT2D eigenvalue weighted by molar-refractivity contribution is -0.133. The number of nitriles is 1. The van der Waals surface area contributed by atoms with Gasteiger partial charge in [-0.15, -0.1) is 0 Å². The summed E-state index contributed by atoms with van der Waals surface area (Å²) in [6.07, 6.45) is 5.06. The Morgan fingerprint density at radius 3 is 2.29 bits per heavy atom. The van der Waals surface area contributed by atoms with E-state index >= 15 is 0 Å². The molecule has 1 fully saturated rings. The van der Waals surface area contributed by atoms with Crippen LogP contribution in [0.2, 0.25) is 0 Å². The summed E-state index contributed by atoms with van der Waals surface area (Å²) in [6.45, 7) is 1.47. The van der Waals surface area contributed by atoms with Crippen LogP contribution in [-0.2, 0) is 4.79 Å². The minimum Gasteiger partial charge on any atom is -0.349 e. The highest BCUT2D eigenvalue weighted by atomic mass is 16.2. The van der Waals surface area contributed by atoms with Crippen LogP contribution >= 0.6 is 0 Å². The number of rotatable bonds is 4. The van der Waals surface area contributed by atoms with Crippen LogP contribution in [0.15, 0.2) is 24.3 Å². The van der Waals surface area contributed by atoms with Gasteiger partial charge in [0, 0.05) is 24.2 Å². The van der Waals surface area contributed by atoms with E-state index in [1.807, 2.05) is 6.19 Å². The fourth-order valence-electron chi connectivity index (χ4n) is 3.01. The molecule has 0 saturated heterocycles. The first-order valence-electron chi connectivity index (χ1n) is 8.03. The van der Waals surface area contributed by atoms with Crippen molar-refractivity contribution in [1.82, 2.24) is 10.2 Å². The summed E-state index contributed by atoms with van der Waals surface area (Å²) in [5, 5.41) is 11.8. The summed E-state index contributed by atoms with van der Waals surface area (Å²) >= 11 is 0. The van der Waals surface area contributed by atoms with Crippen LogP contribution in [0.25, 0.3) is 0 Å². The normalized spacial score (nSPS) is 19.9. The lowest BCUT2D eigenvalue weighted by Crippen LogP contribution is -2.48. The Labute approximate surface area is 141 Å². The Balaban J connectivity index is 2.09. The van der Waals surface area contributed by atoms with Gasteiger partial charge < -0.3 is 5.32 Å². The molecule has 1 N–H and O–H groups in total. The summed E-state index contributed by atoms with van der Waals surface area (Å²) in [6, 6.07) is 6.16. The van der Waals surface area contributed by atoms with Crippen molar-refractivity contribution in [2.75, 3.05) is 7.05 Å². The van der Waals surface area contributed by atoms with E-state index in [2.05, 4.69) is 5.32 Å². The third-order valence-corrected chi connectivity index (χ3v) is 4.43. The van der Waals surface area contributed by atoms with Gasteiger partial charge in [0.2, 0.25) is 5.91 Å². The number of hydrogen-bond donors (Lipinski definition) is 1. The second-order valence-electron chi connectivity index (χ2n) is 6.10. The summed E-state index contributed by atoms with van der Waals surface area (Å²) in [4.78, 5) is 37.0. The van der Waals surface area contributed by atoms with Gasteiger partial charge in [-0.05, 0) is 31.9 Å². The Hall–Kier alpha value is -2.68. The first-order chi connectivity index (χ1) is 11.4. The van der Waals surface area contributed by atoms with Gasteiger partial charge in [0.05, 0.1) is 5.92 Å². The lowest BCUT2D eigenvalue weighted by atomic mass is 9.83. The highest BCUT2D eigenvalue weighted by molar-refractivity contribution is 5.98. The van der Waals surface area contributed by atoms with Gasteiger partial charge in [-0.2, -0.15) is 5.26 Å². The zero-order valence-electron chi connectivity index (χ0n) is 13.9. The molecular formula is C18H21N3O3. The van der Waals surface area contributed by atoms with Crippen LogP contribution < -0.4 is 5.32 Å². The summed E-state index contributed by atoms with van der Waals surface area (Å²) in [5.41, 5.74) is 0.998. The lowest BCUT2D eigenvalue weighted by Gasteiger charge is -2.32. The first kappa shape index (κ1) is 17.7. The molecule has 0 aromatic heterocycles. The molecule has 1 aromatic rings. The van der Waals surface area contributed by atoms with E-state index in [9.17, 15) is 14.4 Å². The van der Waals surface area contributed by atoms with E-state index in [0.717, 1.165) is 17.7 Å². The molecule has 6 nitrogen and oxygen atoms in total. The van der Waals surface area contributed by atoms with Crippen molar-refractivity contribution in [3.05, 3.63) is 35.4 Å². The average Bonchev–Trinajstić information content (AvgIpc) is 2.60. The molecule has 2 amide bonds. The third-order valence-electron chi connectivity index (χ3n) is 4.43. The fraction of sp³-hybridized carbons (Fsp3) is 0.444. The molecule has 24 heavy (non-hydrogen) atoms. The van der Waals surface area contributed by atoms with Gasteiger partial charge in [-0.3, -0.25) is 19.3 Å². The maximum atomic E-state index is 12.4. The van der Waals surface area contributed by atoms with Crippen molar-refractivity contribution >= 4 is 17.6 Å². The summed E-state index contributed by atoms with van der Waals surface area (Å²) in [5.74, 6) is -0.952. The molecule has 126 valence electrons. The zero-order chi connectivity index (χ0) is 17.7. The number of ketones is 1. The third kappa shape index (κ3) is 3.99. The quantitative estimate of drug-likeness (QED) is 0.521. The number of hydrogen-bond acceptors (Lipinski definition) is 4. The molecule has 0 radical (unpaired) electrons. The number of nitrogens with zero attached hydrogens (tertiary/aromatic N) is 2. The van der Waals surface area contributed by atoms with Crippen molar-refractivity contribution in [3.63, 3.8) is 0 Å². The van der Waals surface area contributed by atoms with Crippen molar-refractivity contribution in [2.45, 2.75) is 38.6 Å². The molecule has 1 aliphatic rings. The second kappa shape index (κ2) is 7.73.